The molecule has 0 bridgehead atoms. The molecule has 78 valence electrons. The molecule has 0 spiro atoms. The molecule has 0 aromatic carbocycles. The number of ether oxygens (including phenoxy) is 2. The molecule has 3 nitrogen and oxygen atoms in total. The van der Waals surface area contributed by atoms with Crippen molar-refractivity contribution in [2.75, 3.05) is 6.61 Å². The van der Waals surface area contributed by atoms with E-state index in [2.05, 4.69) is 6.08 Å². The van der Waals surface area contributed by atoms with Gasteiger partial charge in [0, 0.05) is 6.92 Å². The summed E-state index contributed by atoms with van der Waals surface area (Å²) in [6.07, 6.45) is 9.22. The van der Waals surface area contributed by atoms with Gasteiger partial charge in [-0.25, -0.2) is 0 Å². The summed E-state index contributed by atoms with van der Waals surface area (Å²) in [5, 5.41) is 0. The Morgan fingerprint density at radius 3 is 3.21 bits per heavy atom. The highest BCUT2D eigenvalue weighted by Gasteiger charge is 2.54. The minimum atomic E-state index is -0.232. The van der Waals surface area contributed by atoms with Gasteiger partial charge in [0.05, 0.1) is 6.10 Å². The van der Waals surface area contributed by atoms with Crippen molar-refractivity contribution in [1.82, 2.24) is 0 Å². The normalized spacial score (nSPS) is 35.4. The van der Waals surface area contributed by atoms with Crippen molar-refractivity contribution in [3.8, 4) is 0 Å². The van der Waals surface area contributed by atoms with Gasteiger partial charge in [-0.2, -0.15) is 0 Å². The third-order valence-corrected chi connectivity index (χ3v) is 2.92. The summed E-state index contributed by atoms with van der Waals surface area (Å²) < 4.78 is 10.5. The fraction of sp³-hybridized carbons (Fsp3) is 0.727. The molecule has 1 aliphatic carbocycles. The largest absolute Gasteiger partial charge is 0.462 e. The summed E-state index contributed by atoms with van der Waals surface area (Å²) in [7, 11) is 0. The molecular formula is C11H16O3. The van der Waals surface area contributed by atoms with Gasteiger partial charge >= 0.3 is 5.97 Å². The standard InChI is InChI=1S/C11H16O3/c1-9(12)13-8-4-7-11-6-3-2-5-10(11)14-11/h4,7,10H,2-3,5-6,8H2,1H3/b7-4+. The molecule has 0 radical (unpaired) electrons. The summed E-state index contributed by atoms with van der Waals surface area (Å²) in [6.45, 7) is 1.79. The highest BCUT2D eigenvalue weighted by Crippen LogP contribution is 2.48. The summed E-state index contributed by atoms with van der Waals surface area (Å²) in [5.74, 6) is -0.232. The summed E-state index contributed by atoms with van der Waals surface area (Å²) in [5.41, 5.74) is 0.0123. The molecule has 2 fully saturated rings. The summed E-state index contributed by atoms with van der Waals surface area (Å²) in [6, 6.07) is 0. The number of esters is 1. The second kappa shape index (κ2) is 3.73. The predicted octanol–water partition coefficient (Wildman–Crippen LogP) is 1.82. The van der Waals surface area contributed by atoms with Crippen LogP contribution in [0.3, 0.4) is 0 Å². The van der Waals surface area contributed by atoms with Gasteiger partial charge < -0.3 is 9.47 Å². The number of fused-ring (bicyclic) bond motifs is 1. The Morgan fingerprint density at radius 2 is 2.50 bits per heavy atom. The van der Waals surface area contributed by atoms with E-state index in [9.17, 15) is 4.79 Å². The molecule has 1 saturated heterocycles. The lowest BCUT2D eigenvalue weighted by atomic mass is 9.89. The zero-order chi connectivity index (χ0) is 10.0. The van der Waals surface area contributed by atoms with Gasteiger partial charge in [-0.15, -0.1) is 0 Å². The Balaban J connectivity index is 1.77. The Bertz CT molecular complexity index is 259. The van der Waals surface area contributed by atoms with E-state index in [1.165, 1.54) is 26.2 Å². The number of carbonyl (C=O) groups excluding carboxylic acids is 1. The lowest BCUT2D eigenvalue weighted by molar-refractivity contribution is -0.139. The van der Waals surface area contributed by atoms with E-state index in [1.807, 2.05) is 6.08 Å². The number of carbonyl (C=O) groups is 1. The molecule has 0 aromatic heterocycles. The van der Waals surface area contributed by atoms with E-state index in [0.717, 1.165) is 6.42 Å². The molecule has 2 aliphatic rings. The van der Waals surface area contributed by atoms with Crippen LogP contribution in [0.1, 0.15) is 32.6 Å². The summed E-state index contributed by atoms with van der Waals surface area (Å²) in [4.78, 5) is 10.5. The van der Waals surface area contributed by atoms with Crippen molar-refractivity contribution >= 4 is 5.97 Å². The van der Waals surface area contributed by atoms with Crippen LogP contribution in [0.15, 0.2) is 12.2 Å². The molecule has 1 heterocycles. The number of hydrogen-bond donors (Lipinski definition) is 0. The van der Waals surface area contributed by atoms with Crippen LogP contribution >= 0.6 is 0 Å². The first kappa shape index (κ1) is 9.71. The maximum absolute atomic E-state index is 10.5. The van der Waals surface area contributed by atoms with Gasteiger partial charge in [-0.05, 0) is 18.9 Å². The predicted molar refractivity (Wildman–Crippen MR) is 51.8 cm³/mol. The first-order chi connectivity index (χ1) is 6.73. The number of rotatable bonds is 3. The van der Waals surface area contributed by atoms with Crippen LogP contribution in [0, 0.1) is 0 Å². The van der Waals surface area contributed by atoms with Crippen LogP contribution < -0.4 is 0 Å². The second-order valence-corrected chi connectivity index (χ2v) is 4.01. The first-order valence-corrected chi connectivity index (χ1v) is 5.22. The van der Waals surface area contributed by atoms with E-state index < -0.39 is 0 Å². The quantitative estimate of drug-likeness (QED) is 0.392. The third-order valence-electron chi connectivity index (χ3n) is 2.92. The highest BCUT2D eigenvalue weighted by molar-refractivity contribution is 5.66. The Kier molecular flexibility index (Phi) is 2.59. The van der Waals surface area contributed by atoms with Crippen LogP contribution in [0.25, 0.3) is 0 Å². The second-order valence-electron chi connectivity index (χ2n) is 4.01. The monoisotopic (exact) mass is 196 g/mol. The molecule has 2 unspecified atom stereocenters. The molecule has 2 atom stereocenters. The van der Waals surface area contributed by atoms with Crippen molar-refractivity contribution in [1.29, 1.82) is 0 Å². The minimum Gasteiger partial charge on any atom is -0.462 e. The Morgan fingerprint density at radius 1 is 1.64 bits per heavy atom. The van der Waals surface area contributed by atoms with Crippen molar-refractivity contribution in [3.05, 3.63) is 12.2 Å². The molecular weight excluding hydrogens is 180 g/mol. The first-order valence-electron chi connectivity index (χ1n) is 5.22. The smallest absolute Gasteiger partial charge is 0.302 e. The number of epoxide rings is 1. The maximum Gasteiger partial charge on any atom is 0.302 e. The van der Waals surface area contributed by atoms with Crippen LogP contribution in [0.5, 0.6) is 0 Å². The fourth-order valence-corrected chi connectivity index (χ4v) is 2.13. The van der Waals surface area contributed by atoms with Gasteiger partial charge in [0.25, 0.3) is 0 Å². The molecule has 0 aromatic rings. The van der Waals surface area contributed by atoms with Gasteiger partial charge in [-0.3, -0.25) is 4.79 Å². The fourth-order valence-electron chi connectivity index (χ4n) is 2.13. The minimum absolute atomic E-state index is 0.0123. The topological polar surface area (TPSA) is 38.8 Å². The van der Waals surface area contributed by atoms with E-state index in [0.29, 0.717) is 12.7 Å². The van der Waals surface area contributed by atoms with Crippen LogP contribution in [0.4, 0.5) is 0 Å². The van der Waals surface area contributed by atoms with E-state index in [1.54, 1.807) is 0 Å². The van der Waals surface area contributed by atoms with Gasteiger partial charge in [0.2, 0.25) is 0 Å². The average Bonchev–Trinajstić information content (AvgIpc) is 2.87. The van der Waals surface area contributed by atoms with Crippen molar-refractivity contribution in [2.24, 2.45) is 0 Å². The molecule has 0 N–H and O–H groups in total. The third kappa shape index (κ3) is 1.98. The zero-order valence-corrected chi connectivity index (χ0v) is 8.49. The van der Waals surface area contributed by atoms with Crippen LogP contribution in [0.2, 0.25) is 0 Å². The SMILES string of the molecule is CC(=O)OC/C=C/C12CCCCC1O2. The maximum atomic E-state index is 10.5. The van der Waals surface area contributed by atoms with E-state index >= 15 is 0 Å². The van der Waals surface area contributed by atoms with Crippen molar-refractivity contribution < 1.29 is 14.3 Å². The molecule has 14 heavy (non-hydrogen) atoms. The lowest BCUT2D eigenvalue weighted by Crippen LogP contribution is -2.16. The lowest BCUT2D eigenvalue weighted by Gasteiger charge is -2.12. The van der Waals surface area contributed by atoms with Crippen molar-refractivity contribution in [3.63, 3.8) is 0 Å². The van der Waals surface area contributed by atoms with Crippen LogP contribution in [-0.2, 0) is 14.3 Å². The van der Waals surface area contributed by atoms with Crippen LogP contribution in [-0.4, -0.2) is 24.3 Å². The highest BCUT2D eigenvalue weighted by atomic mass is 16.6. The Labute approximate surface area is 84.1 Å². The molecule has 1 saturated carbocycles. The zero-order valence-electron chi connectivity index (χ0n) is 8.49. The molecule has 2 rings (SSSR count). The number of hydrogen-bond acceptors (Lipinski definition) is 3. The average molecular weight is 196 g/mol. The Hall–Kier alpha value is -0.830. The van der Waals surface area contributed by atoms with Gasteiger partial charge in [-0.1, -0.05) is 18.9 Å². The molecule has 0 amide bonds. The van der Waals surface area contributed by atoms with Gasteiger partial charge in [0.15, 0.2) is 0 Å². The van der Waals surface area contributed by atoms with Crippen molar-refractivity contribution in [2.45, 2.75) is 44.3 Å². The van der Waals surface area contributed by atoms with E-state index in [-0.39, 0.29) is 11.6 Å². The molecule has 1 aliphatic heterocycles. The van der Waals surface area contributed by atoms with Gasteiger partial charge in [0.1, 0.15) is 12.2 Å². The summed E-state index contributed by atoms with van der Waals surface area (Å²) >= 11 is 0. The molecule has 3 heteroatoms. The van der Waals surface area contributed by atoms with E-state index in [4.69, 9.17) is 9.47 Å².